The Morgan fingerprint density at radius 2 is 0.333 bits per heavy atom. The number of rotatable bonds is 4. The Labute approximate surface area is 223 Å². The average Bonchev–Trinajstić information content (AvgIpc) is 2.70. The van der Waals surface area contributed by atoms with Crippen LogP contribution in [0.3, 0.4) is 0 Å². The Hall–Kier alpha value is 1.11. The Morgan fingerprint density at radius 1 is 0.300 bits per heavy atom. The molecule has 0 saturated heterocycles. The standard InChI is InChI=1S/4C3H8N.4C2H6N.2Ti/c4*1-3-4-2;4*1-3-2;;/h4*3H2,1-2H3;4*1-2H3;;/q8*-1;;. The van der Waals surface area contributed by atoms with Crippen molar-refractivity contribution in [2.75, 3.05) is 111 Å². The predicted octanol–water partition coefficient (Wildman–Crippen LogP) is 6.51. The van der Waals surface area contributed by atoms with Gasteiger partial charge in [-0.15, -0.1) is 0 Å². The van der Waals surface area contributed by atoms with Crippen molar-refractivity contribution >= 4 is 0 Å². The molecule has 0 N–H and O–H groups in total. The maximum atomic E-state index is 3.74. The quantitative estimate of drug-likeness (QED) is 0.389. The molecule has 0 fully saturated rings. The number of hydrogen-bond donors (Lipinski definition) is 0. The summed E-state index contributed by atoms with van der Waals surface area (Å²) in [5.41, 5.74) is 0. The Balaban J connectivity index is -0.0000000189. The fraction of sp³-hybridized carbons (Fsp3) is 1.00. The van der Waals surface area contributed by atoms with E-state index in [1.807, 2.05) is 27.7 Å². The van der Waals surface area contributed by atoms with Crippen LogP contribution < -0.4 is 0 Å². The van der Waals surface area contributed by atoms with Crippen molar-refractivity contribution in [2.45, 2.75) is 27.7 Å². The fourth-order valence-electron chi connectivity index (χ4n) is 0. The average molecular weight is 504 g/mol. The van der Waals surface area contributed by atoms with Gasteiger partial charge >= 0.3 is 0 Å². The van der Waals surface area contributed by atoms with Gasteiger partial charge in [0.05, 0.1) is 0 Å². The molecular formula is C20H56N8Ti2-8. The van der Waals surface area contributed by atoms with E-state index in [2.05, 4.69) is 42.5 Å². The molecule has 0 spiro atoms. The van der Waals surface area contributed by atoms with E-state index in [-0.39, 0.29) is 43.4 Å². The largest absolute Gasteiger partial charge is 0.668 e. The molecule has 0 atom stereocenters. The summed E-state index contributed by atoms with van der Waals surface area (Å²) >= 11 is 0. The minimum Gasteiger partial charge on any atom is -0.668 e. The van der Waals surface area contributed by atoms with Gasteiger partial charge in [-0.1, -0.05) is 27.7 Å². The van der Waals surface area contributed by atoms with E-state index >= 15 is 0 Å². The summed E-state index contributed by atoms with van der Waals surface area (Å²) in [4.78, 5) is 0. The van der Waals surface area contributed by atoms with Crippen LogP contribution in [0.2, 0.25) is 0 Å². The van der Waals surface area contributed by atoms with Crippen LogP contribution in [0.4, 0.5) is 0 Å². The van der Waals surface area contributed by atoms with Gasteiger partial charge in [0, 0.05) is 43.4 Å². The first-order valence-corrected chi connectivity index (χ1v) is 9.46. The first-order valence-electron chi connectivity index (χ1n) is 9.46. The van der Waals surface area contributed by atoms with Crippen molar-refractivity contribution in [3.63, 3.8) is 0 Å². The molecule has 0 aliphatic heterocycles. The first-order chi connectivity index (χ1) is 13.3. The maximum absolute atomic E-state index is 3.74. The van der Waals surface area contributed by atoms with Crippen molar-refractivity contribution in [3.05, 3.63) is 42.5 Å². The second-order valence-electron chi connectivity index (χ2n) is 4.32. The smallest absolute Gasteiger partial charge is 0 e. The van der Waals surface area contributed by atoms with Crippen molar-refractivity contribution in [1.29, 1.82) is 0 Å². The second kappa shape index (κ2) is 148. The molecule has 0 amide bonds. The third kappa shape index (κ3) is 881. The van der Waals surface area contributed by atoms with Gasteiger partial charge in [-0.25, -0.2) is 0 Å². The molecule has 0 aromatic carbocycles. The van der Waals surface area contributed by atoms with E-state index in [9.17, 15) is 0 Å². The van der Waals surface area contributed by atoms with Crippen LogP contribution in [-0.4, -0.2) is 111 Å². The number of hydrogen-bond acceptors (Lipinski definition) is 0. The van der Waals surface area contributed by atoms with E-state index in [1.165, 1.54) is 0 Å². The van der Waals surface area contributed by atoms with E-state index in [0.29, 0.717) is 0 Å². The topological polar surface area (TPSA) is 113 Å². The van der Waals surface area contributed by atoms with Crippen molar-refractivity contribution in [2.24, 2.45) is 0 Å². The summed E-state index contributed by atoms with van der Waals surface area (Å²) in [5.74, 6) is 0. The van der Waals surface area contributed by atoms with Crippen LogP contribution in [0.5, 0.6) is 0 Å². The summed E-state index contributed by atoms with van der Waals surface area (Å²) in [5, 5.41) is 28.9. The molecule has 0 radical (unpaired) electrons. The van der Waals surface area contributed by atoms with Gasteiger partial charge in [-0.05, 0) is 0 Å². The summed E-state index contributed by atoms with van der Waals surface area (Å²) in [6.45, 7) is 11.8. The van der Waals surface area contributed by atoms with Gasteiger partial charge in [0.15, 0.2) is 0 Å². The molecule has 0 aromatic heterocycles. The zero-order valence-corrected chi connectivity index (χ0v) is 26.5. The molecule has 30 heavy (non-hydrogen) atoms. The van der Waals surface area contributed by atoms with Gasteiger partial charge in [0.1, 0.15) is 0 Å². The predicted molar refractivity (Wildman–Crippen MR) is 140 cm³/mol. The molecule has 192 valence electrons. The molecular weight excluding hydrogens is 448 g/mol. The zero-order chi connectivity index (χ0) is 24.5. The molecule has 0 aliphatic rings. The first kappa shape index (κ1) is 63.3. The van der Waals surface area contributed by atoms with E-state index in [0.717, 1.165) is 26.2 Å². The third-order valence-corrected chi connectivity index (χ3v) is 1.26. The fourth-order valence-corrected chi connectivity index (χ4v) is 0. The normalized spacial score (nSPS) is 6.40. The van der Waals surface area contributed by atoms with Gasteiger partial charge in [-0.2, -0.15) is 111 Å². The van der Waals surface area contributed by atoms with Gasteiger partial charge in [0.25, 0.3) is 0 Å². The summed E-state index contributed by atoms with van der Waals surface area (Å²) in [7, 11) is 21.2. The zero-order valence-electron chi connectivity index (χ0n) is 23.4. The third-order valence-electron chi connectivity index (χ3n) is 1.26. The molecule has 0 heterocycles. The van der Waals surface area contributed by atoms with Crippen LogP contribution in [-0.2, 0) is 43.4 Å². The second-order valence-corrected chi connectivity index (χ2v) is 4.32. The molecule has 8 nitrogen and oxygen atoms in total. The SMILES string of the molecule is CC[N-]C.CC[N-]C.CC[N-]C.CC[N-]C.C[N-]C.C[N-]C.C[N-]C.C[N-]C.[Ti].[Ti]. The molecule has 0 rings (SSSR count). The van der Waals surface area contributed by atoms with Crippen molar-refractivity contribution < 1.29 is 43.4 Å². The number of nitrogens with zero attached hydrogens (tertiary/aromatic N) is 8. The summed E-state index contributed by atoms with van der Waals surface area (Å²) in [6.07, 6.45) is 0. The summed E-state index contributed by atoms with van der Waals surface area (Å²) < 4.78 is 0. The van der Waals surface area contributed by atoms with Crippen LogP contribution in [0.25, 0.3) is 42.5 Å². The van der Waals surface area contributed by atoms with Crippen molar-refractivity contribution in [1.82, 2.24) is 0 Å². The van der Waals surface area contributed by atoms with E-state index in [1.54, 1.807) is 84.6 Å². The minimum absolute atomic E-state index is 0. The Morgan fingerprint density at radius 3 is 0.333 bits per heavy atom. The van der Waals surface area contributed by atoms with Crippen LogP contribution in [0.15, 0.2) is 0 Å². The van der Waals surface area contributed by atoms with Crippen molar-refractivity contribution in [3.8, 4) is 0 Å². The minimum atomic E-state index is 0. The van der Waals surface area contributed by atoms with Crippen LogP contribution in [0, 0.1) is 0 Å². The van der Waals surface area contributed by atoms with Gasteiger partial charge in [0.2, 0.25) is 0 Å². The van der Waals surface area contributed by atoms with Gasteiger partial charge in [-0.3, -0.25) is 0 Å². The summed E-state index contributed by atoms with van der Waals surface area (Å²) in [6, 6.07) is 0. The van der Waals surface area contributed by atoms with Gasteiger partial charge < -0.3 is 42.5 Å². The van der Waals surface area contributed by atoms with Crippen LogP contribution >= 0.6 is 0 Å². The maximum Gasteiger partial charge on any atom is 0 e. The molecule has 10 heteroatoms. The molecule has 0 unspecified atom stereocenters. The molecule has 0 aliphatic carbocycles. The Kier molecular flexibility index (Phi) is 313. The van der Waals surface area contributed by atoms with E-state index in [4.69, 9.17) is 0 Å². The monoisotopic (exact) mass is 504 g/mol. The van der Waals surface area contributed by atoms with E-state index < -0.39 is 0 Å². The molecule has 0 bridgehead atoms. The Bertz CT molecular complexity index is 88.8. The van der Waals surface area contributed by atoms with Crippen LogP contribution in [0.1, 0.15) is 27.7 Å². The molecule has 0 saturated carbocycles. The molecule has 0 aromatic rings.